The van der Waals surface area contributed by atoms with Crippen LogP contribution in [0.1, 0.15) is 25.0 Å². The molecule has 7 nitrogen and oxygen atoms in total. The molecule has 3 aromatic rings. The van der Waals surface area contributed by atoms with Gasteiger partial charge in [-0.25, -0.2) is 4.90 Å². The molecule has 2 amide bonds. The molecule has 1 N–H and O–H groups in total. The lowest BCUT2D eigenvalue weighted by Crippen LogP contribution is -2.32. The van der Waals surface area contributed by atoms with E-state index in [0.717, 1.165) is 4.90 Å². The van der Waals surface area contributed by atoms with Gasteiger partial charge in [0.1, 0.15) is 17.2 Å². The topological polar surface area (TPSA) is 91.7 Å². The van der Waals surface area contributed by atoms with Gasteiger partial charge in [-0.05, 0) is 67.9 Å². The summed E-state index contributed by atoms with van der Waals surface area (Å²) in [7, 11) is 1.54. The van der Waals surface area contributed by atoms with Crippen molar-refractivity contribution >= 4 is 28.8 Å². The molecular weight excluding hydrogens is 430 g/mol. The molecule has 0 aliphatic carbocycles. The first-order chi connectivity index (χ1) is 16.4. The third-order valence-electron chi connectivity index (χ3n) is 5.22. The highest BCUT2D eigenvalue weighted by Crippen LogP contribution is 2.36. The lowest BCUT2D eigenvalue weighted by atomic mass is 10.0. The van der Waals surface area contributed by atoms with Gasteiger partial charge in [-0.2, -0.15) is 5.26 Å². The Bertz CT molecular complexity index is 1300. The minimum absolute atomic E-state index is 0.00871. The van der Waals surface area contributed by atoms with Crippen LogP contribution in [0.25, 0.3) is 5.57 Å². The van der Waals surface area contributed by atoms with Crippen molar-refractivity contribution in [3.63, 3.8) is 0 Å². The number of hydrogen-bond acceptors (Lipinski definition) is 6. The first kappa shape index (κ1) is 22.6. The zero-order valence-corrected chi connectivity index (χ0v) is 19.0. The molecule has 0 atom stereocenters. The minimum Gasteiger partial charge on any atom is -0.495 e. The summed E-state index contributed by atoms with van der Waals surface area (Å²) in [5.74, 6) is 0.231. The predicted octanol–water partition coefficient (Wildman–Crippen LogP) is 4.75. The van der Waals surface area contributed by atoms with Crippen LogP contribution in [0.4, 0.5) is 11.4 Å². The fourth-order valence-corrected chi connectivity index (χ4v) is 3.69. The van der Waals surface area contributed by atoms with Crippen molar-refractivity contribution in [2.75, 3.05) is 17.3 Å². The summed E-state index contributed by atoms with van der Waals surface area (Å²) < 4.78 is 11.1. The number of nitriles is 1. The number of rotatable bonds is 7. The summed E-state index contributed by atoms with van der Waals surface area (Å²) in [6.07, 6.45) is 0.00871. The van der Waals surface area contributed by atoms with Gasteiger partial charge >= 0.3 is 0 Å². The quantitative estimate of drug-likeness (QED) is 0.519. The maximum absolute atomic E-state index is 13.6. The molecule has 1 heterocycles. The number of amides is 2. The zero-order chi connectivity index (χ0) is 24.2. The highest BCUT2D eigenvalue weighted by Gasteiger charge is 2.40. The number of nitrogens with zero attached hydrogens (tertiary/aromatic N) is 2. The van der Waals surface area contributed by atoms with Crippen LogP contribution < -0.4 is 19.7 Å². The van der Waals surface area contributed by atoms with Crippen molar-refractivity contribution in [2.45, 2.75) is 20.0 Å². The monoisotopic (exact) mass is 453 g/mol. The van der Waals surface area contributed by atoms with Crippen molar-refractivity contribution in [1.29, 1.82) is 5.26 Å². The van der Waals surface area contributed by atoms with Crippen molar-refractivity contribution in [1.82, 2.24) is 0 Å². The van der Waals surface area contributed by atoms with Crippen LogP contribution >= 0.6 is 0 Å². The lowest BCUT2D eigenvalue weighted by molar-refractivity contribution is -0.120. The van der Waals surface area contributed by atoms with E-state index in [1.807, 2.05) is 32.0 Å². The molecule has 7 heteroatoms. The first-order valence-corrected chi connectivity index (χ1v) is 10.7. The van der Waals surface area contributed by atoms with Gasteiger partial charge in [0, 0.05) is 0 Å². The minimum atomic E-state index is -0.502. The van der Waals surface area contributed by atoms with E-state index in [1.165, 1.54) is 7.11 Å². The number of benzene rings is 3. The van der Waals surface area contributed by atoms with Gasteiger partial charge in [-0.3, -0.25) is 9.59 Å². The van der Waals surface area contributed by atoms with Crippen LogP contribution in [0.5, 0.6) is 11.5 Å². The fraction of sp³-hybridized carbons (Fsp3) is 0.148. The summed E-state index contributed by atoms with van der Waals surface area (Å²) in [5.41, 5.74) is 2.31. The van der Waals surface area contributed by atoms with Gasteiger partial charge in [0.25, 0.3) is 11.8 Å². The van der Waals surface area contributed by atoms with E-state index >= 15 is 0 Å². The summed E-state index contributed by atoms with van der Waals surface area (Å²) in [6.45, 7) is 3.86. The highest BCUT2D eigenvalue weighted by molar-refractivity contribution is 6.46. The van der Waals surface area contributed by atoms with Crippen LogP contribution in [-0.2, 0) is 9.59 Å². The number of imide groups is 1. The normalized spacial score (nSPS) is 13.3. The summed E-state index contributed by atoms with van der Waals surface area (Å²) in [6, 6.07) is 22.5. The van der Waals surface area contributed by atoms with E-state index in [9.17, 15) is 9.59 Å². The predicted molar refractivity (Wildman–Crippen MR) is 129 cm³/mol. The summed E-state index contributed by atoms with van der Waals surface area (Å²) in [5, 5.41) is 12.2. The average molecular weight is 453 g/mol. The molecule has 0 saturated carbocycles. The molecule has 0 fully saturated rings. The van der Waals surface area contributed by atoms with Gasteiger partial charge in [0.05, 0.1) is 41.8 Å². The molecular formula is C27H23N3O4. The maximum Gasteiger partial charge on any atom is 0.282 e. The van der Waals surface area contributed by atoms with Crippen molar-refractivity contribution in [2.24, 2.45) is 0 Å². The molecule has 0 radical (unpaired) electrons. The SMILES string of the molecule is COc1ccccc1NC1=C(c2ccc(OC(C)C)cc2)C(=O)N(c2ccc(C#N)cc2)C1=O. The number of nitrogens with one attached hydrogen (secondary N) is 1. The van der Waals surface area contributed by atoms with Gasteiger partial charge in [0.15, 0.2) is 0 Å². The van der Waals surface area contributed by atoms with Crippen LogP contribution in [0, 0.1) is 11.3 Å². The number of ether oxygens (including phenoxy) is 2. The van der Waals surface area contributed by atoms with Crippen LogP contribution in [0.3, 0.4) is 0 Å². The Morgan fingerprint density at radius 1 is 0.912 bits per heavy atom. The van der Waals surface area contributed by atoms with E-state index in [0.29, 0.717) is 34.0 Å². The van der Waals surface area contributed by atoms with Gasteiger partial charge < -0.3 is 14.8 Å². The molecule has 170 valence electrons. The van der Waals surface area contributed by atoms with Crippen LogP contribution in [0.2, 0.25) is 0 Å². The number of para-hydroxylation sites is 2. The number of methoxy groups -OCH3 is 1. The standard InChI is InChI=1S/C27H23N3O4/c1-17(2)34-21-14-10-19(11-15-21)24-25(29-22-6-4-5-7-23(22)33-3)27(32)30(26(24)31)20-12-8-18(16-28)9-13-20/h4-15,17,29H,1-3H3. The molecule has 34 heavy (non-hydrogen) atoms. The van der Waals surface area contributed by atoms with Crippen LogP contribution in [0.15, 0.2) is 78.5 Å². The largest absolute Gasteiger partial charge is 0.495 e. The fourth-order valence-electron chi connectivity index (χ4n) is 3.69. The molecule has 0 aromatic heterocycles. The Hall–Kier alpha value is -4.57. The Balaban J connectivity index is 1.79. The number of anilines is 2. The number of carbonyl (C=O) groups is 2. The van der Waals surface area contributed by atoms with Crippen molar-refractivity contribution < 1.29 is 19.1 Å². The van der Waals surface area contributed by atoms with Crippen LogP contribution in [-0.4, -0.2) is 25.0 Å². The number of hydrogen-bond donors (Lipinski definition) is 1. The van der Waals surface area contributed by atoms with Crippen molar-refractivity contribution in [3.8, 4) is 17.6 Å². The molecule has 0 unspecified atom stereocenters. The third kappa shape index (κ3) is 4.34. The zero-order valence-electron chi connectivity index (χ0n) is 19.0. The Morgan fingerprint density at radius 2 is 1.59 bits per heavy atom. The molecule has 0 bridgehead atoms. The maximum atomic E-state index is 13.6. The van der Waals surface area contributed by atoms with Crippen molar-refractivity contribution in [3.05, 3.63) is 89.6 Å². The van der Waals surface area contributed by atoms with Gasteiger partial charge in [-0.15, -0.1) is 0 Å². The highest BCUT2D eigenvalue weighted by atomic mass is 16.5. The molecule has 4 rings (SSSR count). The average Bonchev–Trinajstić information content (AvgIpc) is 3.09. The molecule has 0 spiro atoms. The summed E-state index contributed by atoms with van der Waals surface area (Å²) >= 11 is 0. The second kappa shape index (κ2) is 9.51. The van der Waals surface area contributed by atoms with E-state index in [1.54, 1.807) is 60.7 Å². The second-order valence-corrected chi connectivity index (χ2v) is 7.87. The van der Waals surface area contributed by atoms with Gasteiger partial charge in [-0.1, -0.05) is 24.3 Å². The Labute approximate surface area is 197 Å². The first-order valence-electron chi connectivity index (χ1n) is 10.7. The second-order valence-electron chi connectivity index (χ2n) is 7.87. The molecule has 0 saturated heterocycles. The van der Waals surface area contributed by atoms with Gasteiger partial charge in [0.2, 0.25) is 0 Å². The molecule has 3 aromatic carbocycles. The Morgan fingerprint density at radius 3 is 2.21 bits per heavy atom. The van der Waals surface area contributed by atoms with E-state index in [2.05, 4.69) is 5.32 Å². The van der Waals surface area contributed by atoms with E-state index < -0.39 is 11.8 Å². The van der Waals surface area contributed by atoms with E-state index in [4.69, 9.17) is 14.7 Å². The Kier molecular flexibility index (Phi) is 6.33. The van der Waals surface area contributed by atoms with E-state index in [-0.39, 0.29) is 17.4 Å². The number of carbonyl (C=O) groups excluding carboxylic acids is 2. The molecule has 1 aliphatic heterocycles. The third-order valence-corrected chi connectivity index (χ3v) is 5.22. The summed E-state index contributed by atoms with van der Waals surface area (Å²) in [4.78, 5) is 28.2. The lowest BCUT2D eigenvalue weighted by Gasteiger charge is -2.16. The molecule has 1 aliphatic rings. The smallest absolute Gasteiger partial charge is 0.282 e.